The Labute approximate surface area is 137 Å². The quantitative estimate of drug-likeness (QED) is 0.782. The average Bonchev–Trinajstić information content (AvgIpc) is 2.41. The number of rotatable bonds is 5. The van der Waals surface area contributed by atoms with Crippen LogP contribution in [0.25, 0.3) is 0 Å². The molecule has 4 heteroatoms. The molecule has 0 aliphatic rings. The third kappa shape index (κ3) is 4.14. The molecule has 2 aromatic rings. The first kappa shape index (κ1) is 15.7. The Morgan fingerprint density at radius 1 is 1.20 bits per heavy atom. The van der Waals surface area contributed by atoms with E-state index in [-0.39, 0.29) is 6.04 Å². The minimum atomic E-state index is 0.213. The lowest BCUT2D eigenvalue weighted by Gasteiger charge is -2.19. The Balaban J connectivity index is 2.24. The summed E-state index contributed by atoms with van der Waals surface area (Å²) in [6.45, 7) is 5.15. The predicted molar refractivity (Wildman–Crippen MR) is 90.9 cm³/mol. The summed E-state index contributed by atoms with van der Waals surface area (Å²) in [6, 6.07) is 10.9. The van der Waals surface area contributed by atoms with Gasteiger partial charge in [0.2, 0.25) is 0 Å². The lowest BCUT2D eigenvalue weighted by molar-refractivity contribution is 0.534. The van der Waals surface area contributed by atoms with Crippen molar-refractivity contribution in [2.75, 3.05) is 6.54 Å². The van der Waals surface area contributed by atoms with Crippen molar-refractivity contribution in [3.05, 3.63) is 62.3 Å². The molecule has 1 N–H and O–H groups in total. The van der Waals surface area contributed by atoms with Gasteiger partial charge in [-0.2, -0.15) is 0 Å². The summed E-state index contributed by atoms with van der Waals surface area (Å²) in [5.74, 6) is 0. The van der Waals surface area contributed by atoms with Crippen LogP contribution in [0.15, 0.2) is 45.5 Å². The van der Waals surface area contributed by atoms with Crippen LogP contribution >= 0.6 is 31.9 Å². The monoisotopic (exact) mass is 396 g/mol. The largest absolute Gasteiger partial charge is 0.309 e. The zero-order valence-electron chi connectivity index (χ0n) is 11.7. The molecule has 1 aromatic heterocycles. The first-order chi connectivity index (χ1) is 9.60. The van der Waals surface area contributed by atoms with Crippen molar-refractivity contribution in [1.29, 1.82) is 0 Å². The van der Waals surface area contributed by atoms with Gasteiger partial charge < -0.3 is 5.32 Å². The highest BCUT2D eigenvalue weighted by molar-refractivity contribution is 9.11. The molecule has 20 heavy (non-hydrogen) atoms. The molecule has 0 radical (unpaired) electrons. The molecule has 0 spiro atoms. The first-order valence-electron chi connectivity index (χ1n) is 6.70. The number of aromatic nitrogens is 1. The number of halogens is 2. The summed E-state index contributed by atoms with van der Waals surface area (Å²) in [5.41, 5.74) is 3.66. The van der Waals surface area contributed by atoms with E-state index in [0.29, 0.717) is 0 Å². The lowest BCUT2D eigenvalue weighted by Crippen LogP contribution is -2.24. The molecule has 1 aromatic carbocycles. The second kappa shape index (κ2) is 7.34. The van der Waals surface area contributed by atoms with Crippen LogP contribution in [0.5, 0.6) is 0 Å². The SMILES string of the molecule is CCNC(Cc1ccc(C)cc1)c1ncc(Br)cc1Br. The zero-order valence-corrected chi connectivity index (χ0v) is 14.8. The van der Waals surface area contributed by atoms with Crippen molar-refractivity contribution in [1.82, 2.24) is 10.3 Å². The van der Waals surface area contributed by atoms with Crippen LogP contribution in [-0.2, 0) is 6.42 Å². The molecule has 1 unspecified atom stereocenters. The summed E-state index contributed by atoms with van der Waals surface area (Å²) in [5, 5.41) is 3.51. The molecule has 106 valence electrons. The molecule has 2 nitrogen and oxygen atoms in total. The molecular formula is C16H18Br2N2. The Bertz CT molecular complexity index is 567. The van der Waals surface area contributed by atoms with Gasteiger partial charge in [0.15, 0.2) is 0 Å². The molecule has 0 saturated carbocycles. The van der Waals surface area contributed by atoms with E-state index in [1.807, 2.05) is 12.3 Å². The Morgan fingerprint density at radius 3 is 2.50 bits per heavy atom. The smallest absolute Gasteiger partial charge is 0.0719 e. The molecule has 0 bridgehead atoms. The van der Waals surface area contributed by atoms with E-state index >= 15 is 0 Å². The van der Waals surface area contributed by atoms with Gasteiger partial charge in [0.05, 0.1) is 11.7 Å². The number of nitrogens with one attached hydrogen (secondary N) is 1. The topological polar surface area (TPSA) is 24.9 Å². The van der Waals surface area contributed by atoms with E-state index in [0.717, 1.165) is 27.6 Å². The van der Waals surface area contributed by atoms with Crippen LogP contribution in [0, 0.1) is 6.92 Å². The number of nitrogens with zero attached hydrogens (tertiary/aromatic N) is 1. The average molecular weight is 398 g/mol. The van der Waals surface area contributed by atoms with Crippen LogP contribution in [0.3, 0.4) is 0 Å². The van der Waals surface area contributed by atoms with Gasteiger partial charge in [-0.1, -0.05) is 36.8 Å². The highest BCUT2D eigenvalue weighted by Gasteiger charge is 2.16. The third-order valence-corrected chi connectivity index (χ3v) is 4.25. The Morgan fingerprint density at radius 2 is 1.90 bits per heavy atom. The minimum Gasteiger partial charge on any atom is -0.309 e. The maximum Gasteiger partial charge on any atom is 0.0719 e. The van der Waals surface area contributed by atoms with Crippen molar-refractivity contribution in [3.8, 4) is 0 Å². The van der Waals surface area contributed by atoms with E-state index in [1.54, 1.807) is 0 Å². The van der Waals surface area contributed by atoms with Crippen molar-refractivity contribution in [2.45, 2.75) is 26.3 Å². The van der Waals surface area contributed by atoms with Gasteiger partial charge in [0.25, 0.3) is 0 Å². The highest BCUT2D eigenvalue weighted by atomic mass is 79.9. The van der Waals surface area contributed by atoms with Crippen LogP contribution < -0.4 is 5.32 Å². The van der Waals surface area contributed by atoms with E-state index < -0.39 is 0 Å². The maximum atomic E-state index is 4.55. The van der Waals surface area contributed by atoms with Crippen LogP contribution in [-0.4, -0.2) is 11.5 Å². The number of pyridine rings is 1. The standard InChI is InChI=1S/C16H18Br2N2/c1-3-19-15(8-12-6-4-11(2)5-7-12)16-14(18)9-13(17)10-20-16/h4-7,9-10,15,19H,3,8H2,1-2H3. The van der Waals surface area contributed by atoms with Gasteiger partial charge in [-0.3, -0.25) is 4.98 Å². The number of hydrogen-bond donors (Lipinski definition) is 1. The van der Waals surface area contributed by atoms with E-state index in [4.69, 9.17) is 0 Å². The van der Waals surface area contributed by atoms with E-state index in [2.05, 4.69) is 80.3 Å². The molecule has 0 aliphatic carbocycles. The maximum absolute atomic E-state index is 4.55. The molecule has 0 aliphatic heterocycles. The molecule has 1 heterocycles. The fraction of sp³-hybridized carbons (Fsp3) is 0.312. The van der Waals surface area contributed by atoms with Gasteiger partial charge in [0.1, 0.15) is 0 Å². The summed E-state index contributed by atoms with van der Waals surface area (Å²) in [4.78, 5) is 4.55. The Kier molecular flexibility index (Phi) is 5.75. The van der Waals surface area contributed by atoms with Crippen molar-refractivity contribution in [2.24, 2.45) is 0 Å². The minimum absolute atomic E-state index is 0.213. The van der Waals surface area contributed by atoms with E-state index in [9.17, 15) is 0 Å². The molecular weight excluding hydrogens is 380 g/mol. The van der Waals surface area contributed by atoms with E-state index in [1.165, 1.54) is 11.1 Å². The number of likely N-dealkylation sites (N-methyl/N-ethyl adjacent to an activating group) is 1. The van der Waals surface area contributed by atoms with Gasteiger partial charge >= 0.3 is 0 Å². The number of aryl methyl sites for hydroxylation is 1. The Hall–Kier alpha value is -0.710. The van der Waals surface area contributed by atoms with Gasteiger partial charge in [-0.05, 0) is 63.4 Å². The number of benzene rings is 1. The summed E-state index contributed by atoms with van der Waals surface area (Å²) in [7, 11) is 0. The predicted octanol–water partition coefficient (Wildman–Crippen LogP) is 4.81. The number of hydrogen-bond acceptors (Lipinski definition) is 2. The van der Waals surface area contributed by atoms with Crippen LogP contribution in [0.2, 0.25) is 0 Å². The molecule has 0 amide bonds. The molecule has 2 rings (SSSR count). The molecule has 0 fully saturated rings. The summed E-state index contributed by atoms with van der Waals surface area (Å²) >= 11 is 7.06. The fourth-order valence-electron chi connectivity index (χ4n) is 2.15. The molecule has 0 saturated heterocycles. The molecule has 1 atom stereocenters. The lowest BCUT2D eigenvalue weighted by atomic mass is 10.0. The summed E-state index contributed by atoms with van der Waals surface area (Å²) < 4.78 is 2.02. The zero-order chi connectivity index (χ0) is 14.5. The fourth-order valence-corrected chi connectivity index (χ4v) is 3.42. The normalized spacial score (nSPS) is 12.4. The second-order valence-corrected chi connectivity index (χ2v) is 6.59. The third-order valence-electron chi connectivity index (χ3n) is 3.18. The second-order valence-electron chi connectivity index (χ2n) is 4.82. The van der Waals surface area contributed by atoms with Gasteiger partial charge in [-0.25, -0.2) is 0 Å². The summed E-state index contributed by atoms with van der Waals surface area (Å²) in [6.07, 6.45) is 2.78. The van der Waals surface area contributed by atoms with Crippen LogP contribution in [0.1, 0.15) is 29.8 Å². The van der Waals surface area contributed by atoms with Gasteiger partial charge in [-0.15, -0.1) is 0 Å². The van der Waals surface area contributed by atoms with Crippen molar-refractivity contribution in [3.63, 3.8) is 0 Å². The van der Waals surface area contributed by atoms with Crippen LogP contribution in [0.4, 0.5) is 0 Å². The van der Waals surface area contributed by atoms with Crippen molar-refractivity contribution < 1.29 is 0 Å². The van der Waals surface area contributed by atoms with Gasteiger partial charge in [0, 0.05) is 15.1 Å². The first-order valence-corrected chi connectivity index (χ1v) is 8.28. The van der Waals surface area contributed by atoms with Crippen molar-refractivity contribution >= 4 is 31.9 Å². The highest BCUT2D eigenvalue weighted by Crippen LogP contribution is 2.26.